The van der Waals surface area contributed by atoms with Crippen molar-refractivity contribution in [2.45, 2.75) is 40.8 Å². The van der Waals surface area contributed by atoms with Crippen molar-refractivity contribution in [3.05, 3.63) is 71.6 Å². The third-order valence-corrected chi connectivity index (χ3v) is 4.65. The first-order valence-corrected chi connectivity index (χ1v) is 8.37. The van der Waals surface area contributed by atoms with Gasteiger partial charge in [-0.15, -0.1) is 0 Å². The van der Waals surface area contributed by atoms with Gasteiger partial charge in [0, 0.05) is 23.8 Å². The van der Waals surface area contributed by atoms with Crippen molar-refractivity contribution in [3.63, 3.8) is 0 Å². The number of hydrogen-bond donors (Lipinski definition) is 0. The maximum absolute atomic E-state index is 2.43. The normalized spacial score (nSPS) is 17.4. The van der Waals surface area contributed by atoms with Crippen LogP contribution < -0.4 is 9.80 Å². The smallest absolute Gasteiger partial charge is 0.112 e. The molecule has 2 aromatic rings. The molecule has 0 bridgehead atoms. The Hall–Kier alpha value is -2.22. The molecule has 0 radical (unpaired) electrons. The highest BCUT2D eigenvalue weighted by molar-refractivity contribution is 5.68. The van der Waals surface area contributed by atoms with E-state index in [9.17, 15) is 0 Å². The van der Waals surface area contributed by atoms with Crippen LogP contribution in [0.1, 0.15) is 30.5 Å². The molecule has 3 rings (SSSR count). The first-order chi connectivity index (χ1) is 11.0. The highest BCUT2D eigenvalue weighted by atomic mass is 15.4. The van der Waals surface area contributed by atoms with Crippen LogP contribution in [0.2, 0.25) is 0 Å². The molecule has 0 amide bonds. The molecule has 1 atom stereocenters. The second kappa shape index (κ2) is 6.11. The van der Waals surface area contributed by atoms with E-state index in [4.69, 9.17) is 0 Å². The van der Waals surface area contributed by atoms with Gasteiger partial charge in [0.1, 0.15) is 6.17 Å². The largest absolute Gasteiger partial charge is 0.325 e. The van der Waals surface area contributed by atoms with Gasteiger partial charge in [-0.25, -0.2) is 0 Å². The first kappa shape index (κ1) is 15.7. The van der Waals surface area contributed by atoms with E-state index in [-0.39, 0.29) is 0 Å². The number of nitrogens with zero attached hydrogens (tertiary/aromatic N) is 2. The summed E-state index contributed by atoms with van der Waals surface area (Å²) in [4.78, 5) is 4.84. The van der Waals surface area contributed by atoms with E-state index in [1.165, 1.54) is 28.1 Å². The predicted molar refractivity (Wildman–Crippen MR) is 99.8 cm³/mol. The summed E-state index contributed by atoms with van der Waals surface area (Å²) in [6.07, 6.45) is 4.75. The molecule has 1 heterocycles. The zero-order valence-electron chi connectivity index (χ0n) is 14.7. The maximum atomic E-state index is 2.43. The van der Waals surface area contributed by atoms with Crippen LogP contribution in [0.15, 0.2) is 54.9 Å². The van der Waals surface area contributed by atoms with Gasteiger partial charge >= 0.3 is 0 Å². The standard InChI is InChI=1S/C21H26N2/c1-15(2)21-22(19-12-7-6-9-16(19)3)13-14-23(21)20-17(4)10-8-11-18(20)5/h6-15,21H,1-5H3. The molecule has 0 saturated heterocycles. The molecule has 1 aliphatic heterocycles. The Balaban J connectivity index is 2.05. The Bertz CT molecular complexity index is 710. The molecule has 120 valence electrons. The van der Waals surface area contributed by atoms with Gasteiger partial charge in [-0.1, -0.05) is 50.2 Å². The van der Waals surface area contributed by atoms with E-state index in [1.54, 1.807) is 0 Å². The Kier molecular flexibility index (Phi) is 4.16. The lowest BCUT2D eigenvalue weighted by Crippen LogP contribution is -2.43. The van der Waals surface area contributed by atoms with E-state index in [0.717, 1.165) is 0 Å². The van der Waals surface area contributed by atoms with E-state index in [0.29, 0.717) is 12.1 Å². The average molecular weight is 306 g/mol. The number of rotatable bonds is 3. The second-order valence-corrected chi connectivity index (χ2v) is 6.80. The molecule has 2 heteroatoms. The number of benzene rings is 2. The lowest BCUT2D eigenvalue weighted by molar-refractivity contribution is 0.500. The zero-order chi connectivity index (χ0) is 16.6. The van der Waals surface area contributed by atoms with Crippen LogP contribution >= 0.6 is 0 Å². The van der Waals surface area contributed by atoms with Gasteiger partial charge in [-0.3, -0.25) is 0 Å². The molecule has 2 aromatic carbocycles. The maximum Gasteiger partial charge on any atom is 0.112 e. The van der Waals surface area contributed by atoms with Gasteiger partial charge in [0.05, 0.1) is 0 Å². The van der Waals surface area contributed by atoms with Crippen LogP contribution in [0, 0.1) is 26.7 Å². The highest BCUT2D eigenvalue weighted by Gasteiger charge is 2.32. The summed E-state index contributed by atoms with van der Waals surface area (Å²) >= 11 is 0. The summed E-state index contributed by atoms with van der Waals surface area (Å²) in [5.74, 6) is 0.503. The zero-order valence-corrected chi connectivity index (χ0v) is 14.7. The van der Waals surface area contributed by atoms with Crippen LogP contribution in [-0.2, 0) is 0 Å². The van der Waals surface area contributed by atoms with Crippen molar-refractivity contribution >= 4 is 11.4 Å². The summed E-state index contributed by atoms with van der Waals surface area (Å²) in [6.45, 7) is 11.2. The molecule has 1 aliphatic rings. The van der Waals surface area contributed by atoms with Gasteiger partial charge in [0.2, 0.25) is 0 Å². The Labute approximate surface area is 140 Å². The van der Waals surface area contributed by atoms with E-state index < -0.39 is 0 Å². The molecule has 0 aliphatic carbocycles. The Morgan fingerprint density at radius 2 is 1.30 bits per heavy atom. The molecule has 2 nitrogen and oxygen atoms in total. The second-order valence-electron chi connectivity index (χ2n) is 6.80. The van der Waals surface area contributed by atoms with Crippen LogP contribution in [0.3, 0.4) is 0 Å². The van der Waals surface area contributed by atoms with Crippen LogP contribution in [0.25, 0.3) is 0 Å². The van der Waals surface area contributed by atoms with Crippen LogP contribution in [0.5, 0.6) is 0 Å². The van der Waals surface area contributed by atoms with Crippen molar-refractivity contribution in [1.82, 2.24) is 0 Å². The SMILES string of the molecule is Cc1ccccc1N1C=CN(c2c(C)cccc2C)C1C(C)C. The van der Waals surface area contributed by atoms with Gasteiger partial charge in [-0.05, 0) is 49.4 Å². The highest BCUT2D eigenvalue weighted by Crippen LogP contribution is 2.36. The lowest BCUT2D eigenvalue weighted by atomic mass is 10.0. The summed E-state index contributed by atoms with van der Waals surface area (Å²) in [5.41, 5.74) is 6.58. The molecule has 0 aromatic heterocycles. The molecule has 0 fully saturated rings. The van der Waals surface area contributed by atoms with Crippen molar-refractivity contribution in [3.8, 4) is 0 Å². The summed E-state index contributed by atoms with van der Waals surface area (Å²) < 4.78 is 0. The summed E-state index contributed by atoms with van der Waals surface area (Å²) in [6, 6.07) is 15.2. The fourth-order valence-corrected chi connectivity index (χ4v) is 3.59. The van der Waals surface area contributed by atoms with Gasteiger partial charge in [-0.2, -0.15) is 0 Å². The van der Waals surface area contributed by atoms with Gasteiger partial charge in [0.15, 0.2) is 0 Å². The van der Waals surface area contributed by atoms with Crippen LogP contribution in [-0.4, -0.2) is 6.17 Å². The Morgan fingerprint density at radius 3 is 1.91 bits per heavy atom. The van der Waals surface area contributed by atoms with Crippen molar-refractivity contribution < 1.29 is 0 Å². The fourth-order valence-electron chi connectivity index (χ4n) is 3.59. The topological polar surface area (TPSA) is 6.48 Å². The molecule has 0 saturated carbocycles. The third-order valence-electron chi connectivity index (χ3n) is 4.65. The van der Waals surface area contributed by atoms with E-state index >= 15 is 0 Å². The molecule has 0 spiro atoms. The third kappa shape index (κ3) is 2.74. The number of hydrogen-bond acceptors (Lipinski definition) is 2. The summed E-state index contributed by atoms with van der Waals surface area (Å²) in [7, 11) is 0. The molecular formula is C21H26N2. The number of aryl methyl sites for hydroxylation is 3. The van der Waals surface area contributed by atoms with Gasteiger partial charge in [0.25, 0.3) is 0 Å². The van der Waals surface area contributed by atoms with Gasteiger partial charge < -0.3 is 9.80 Å². The predicted octanol–water partition coefficient (Wildman–Crippen LogP) is 5.39. The first-order valence-electron chi connectivity index (χ1n) is 8.37. The monoisotopic (exact) mass is 306 g/mol. The lowest BCUT2D eigenvalue weighted by Gasteiger charge is -2.37. The van der Waals surface area contributed by atoms with E-state index in [2.05, 4.69) is 99.3 Å². The molecule has 0 N–H and O–H groups in total. The number of anilines is 2. The summed E-state index contributed by atoms with van der Waals surface area (Å²) in [5, 5.41) is 0. The average Bonchev–Trinajstić information content (AvgIpc) is 2.92. The number of para-hydroxylation sites is 2. The quantitative estimate of drug-likeness (QED) is 0.750. The minimum absolute atomic E-state index is 0.302. The minimum Gasteiger partial charge on any atom is -0.325 e. The van der Waals surface area contributed by atoms with E-state index in [1.807, 2.05) is 0 Å². The Morgan fingerprint density at radius 1 is 0.739 bits per heavy atom. The minimum atomic E-state index is 0.302. The van der Waals surface area contributed by atoms with Crippen LogP contribution in [0.4, 0.5) is 11.4 Å². The van der Waals surface area contributed by atoms with Crippen molar-refractivity contribution in [1.29, 1.82) is 0 Å². The fraction of sp³-hybridized carbons (Fsp3) is 0.333. The van der Waals surface area contributed by atoms with Crippen molar-refractivity contribution in [2.75, 3.05) is 9.80 Å². The molecular weight excluding hydrogens is 280 g/mol. The molecule has 23 heavy (non-hydrogen) atoms. The molecule has 1 unspecified atom stereocenters. The van der Waals surface area contributed by atoms with Crippen molar-refractivity contribution in [2.24, 2.45) is 5.92 Å².